The lowest BCUT2D eigenvalue weighted by molar-refractivity contribution is -0.384. The summed E-state index contributed by atoms with van der Waals surface area (Å²) in [7, 11) is 0. The van der Waals surface area contributed by atoms with E-state index in [0.29, 0.717) is 25.1 Å². The van der Waals surface area contributed by atoms with Crippen LogP contribution in [0.2, 0.25) is 0 Å². The Labute approximate surface area is 203 Å². The number of piperazine rings is 1. The van der Waals surface area contributed by atoms with Crippen molar-refractivity contribution in [3.05, 3.63) is 99.4 Å². The molecule has 2 atom stereocenters. The highest BCUT2D eigenvalue weighted by Crippen LogP contribution is 2.38. The lowest BCUT2D eigenvalue weighted by Gasteiger charge is -2.49. The topological polar surface area (TPSA) is 78.7 Å². The van der Waals surface area contributed by atoms with E-state index >= 15 is 0 Å². The van der Waals surface area contributed by atoms with Crippen LogP contribution in [0.25, 0.3) is 0 Å². The third-order valence-corrected chi connectivity index (χ3v) is 7.00. The van der Waals surface area contributed by atoms with Crippen LogP contribution in [0.3, 0.4) is 0 Å². The van der Waals surface area contributed by atoms with Crippen LogP contribution in [-0.2, 0) is 17.8 Å². The second kappa shape index (κ2) is 9.37. The third kappa shape index (κ3) is 4.69. The zero-order valence-corrected chi connectivity index (χ0v) is 19.5. The van der Waals surface area contributed by atoms with E-state index in [4.69, 9.17) is 0 Å². The van der Waals surface area contributed by atoms with Crippen molar-refractivity contribution in [1.82, 2.24) is 5.32 Å². The van der Waals surface area contributed by atoms with Gasteiger partial charge >= 0.3 is 0 Å². The van der Waals surface area contributed by atoms with E-state index in [-0.39, 0.29) is 30.0 Å². The molecule has 8 heteroatoms. The van der Waals surface area contributed by atoms with Gasteiger partial charge in [-0.25, -0.2) is 4.39 Å². The Bertz CT molecular complexity index is 1260. The lowest BCUT2D eigenvalue weighted by Crippen LogP contribution is -2.61. The molecule has 1 fully saturated rings. The molecule has 1 N–H and O–H groups in total. The maximum absolute atomic E-state index is 13.6. The maximum Gasteiger partial charge on any atom is 0.269 e. The van der Waals surface area contributed by atoms with E-state index in [1.807, 2.05) is 6.07 Å². The highest BCUT2D eigenvalue weighted by molar-refractivity contribution is 5.82. The predicted molar refractivity (Wildman–Crippen MR) is 133 cm³/mol. The number of nitrogens with zero attached hydrogens (tertiary/aromatic N) is 3. The van der Waals surface area contributed by atoms with Crippen LogP contribution in [0, 0.1) is 28.8 Å². The smallest absolute Gasteiger partial charge is 0.269 e. The van der Waals surface area contributed by atoms with Gasteiger partial charge in [-0.15, -0.1) is 0 Å². The molecular weight excluding hydrogens is 447 g/mol. The van der Waals surface area contributed by atoms with Gasteiger partial charge in [0.05, 0.1) is 16.9 Å². The van der Waals surface area contributed by atoms with Gasteiger partial charge in [0.15, 0.2) is 0 Å². The molecule has 2 aliphatic rings. The first-order chi connectivity index (χ1) is 16.9. The first-order valence-corrected chi connectivity index (χ1v) is 11.8. The number of nitro groups is 1. The van der Waals surface area contributed by atoms with Crippen molar-refractivity contribution in [1.29, 1.82) is 0 Å². The van der Waals surface area contributed by atoms with Crippen LogP contribution >= 0.6 is 0 Å². The molecule has 1 amide bonds. The van der Waals surface area contributed by atoms with Gasteiger partial charge < -0.3 is 15.1 Å². The number of carbonyl (C=O) groups is 1. The Balaban J connectivity index is 1.43. The fourth-order valence-corrected chi connectivity index (χ4v) is 5.18. The summed E-state index contributed by atoms with van der Waals surface area (Å²) in [5.41, 5.74) is 4.79. The normalized spacial score (nSPS) is 19.0. The first-order valence-electron chi connectivity index (χ1n) is 11.8. The number of nitro benzene ring substituents is 1. The largest absolute Gasteiger partial charge is 0.368 e. The van der Waals surface area contributed by atoms with E-state index in [2.05, 4.69) is 46.3 Å². The van der Waals surface area contributed by atoms with Gasteiger partial charge in [0.2, 0.25) is 5.91 Å². The second-order valence-electron chi connectivity index (χ2n) is 9.27. The van der Waals surface area contributed by atoms with Gasteiger partial charge in [-0.2, -0.15) is 0 Å². The molecular formula is C27H27FN4O3. The Morgan fingerprint density at radius 3 is 2.66 bits per heavy atom. The number of fused-ring (bicyclic) bond motifs is 3. The fourth-order valence-electron chi connectivity index (χ4n) is 5.18. The highest BCUT2D eigenvalue weighted by Gasteiger charge is 2.42. The quantitative estimate of drug-likeness (QED) is 0.442. The molecule has 0 unspecified atom stereocenters. The summed E-state index contributed by atoms with van der Waals surface area (Å²) >= 11 is 0. The van der Waals surface area contributed by atoms with Crippen LogP contribution in [-0.4, -0.2) is 36.5 Å². The van der Waals surface area contributed by atoms with Crippen molar-refractivity contribution in [3.63, 3.8) is 0 Å². The molecule has 3 aromatic carbocycles. The summed E-state index contributed by atoms with van der Waals surface area (Å²) in [6.45, 7) is 4.43. The van der Waals surface area contributed by atoms with Crippen molar-refractivity contribution in [2.24, 2.45) is 5.92 Å². The first kappa shape index (κ1) is 22.8. The Morgan fingerprint density at radius 1 is 1.11 bits per heavy atom. The zero-order chi connectivity index (χ0) is 24.5. The maximum atomic E-state index is 13.6. The summed E-state index contributed by atoms with van der Waals surface area (Å²) in [6, 6.07) is 19.4. The van der Waals surface area contributed by atoms with Gasteiger partial charge in [0.25, 0.3) is 5.69 Å². The second-order valence-corrected chi connectivity index (χ2v) is 9.27. The molecule has 0 radical (unpaired) electrons. The Kier molecular flexibility index (Phi) is 6.11. The van der Waals surface area contributed by atoms with Crippen LogP contribution in [0.15, 0.2) is 66.7 Å². The molecule has 0 saturated carbocycles. The van der Waals surface area contributed by atoms with Crippen molar-refractivity contribution in [2.75, 3.05) is 29.4 Å². The molecule has 3 aromatic rings. The van der Waals surface area contributed by atoms with E-state index < -0.39 is 10.8 Å². The molecule has 2 heterocycles. The van der Waals surface area contributed by atoms with Gasteiger partial charge in [-0.3, -0.25) is 14.9 Å². The molecule has 5 rings (SSSR count). The number of hydrogen-bond donors (Lipinski definition) is 1. The molecule has 0 spiro atoms. The minimum Gasteiger partial charge on any atom is -0.368 e. The number of halogens is 1. The van der Waals surface area contributed by atoms with Crippen LogP contribution < -0.4 is 15.1 Å². The number of hydrogen-bond acceptors (Lipinski definition) is 5. The number of non-ortho nitro benzene ring substituents is 1. The average molecular weight is 475 g/mol. The zero-order valence-electron chi connectivity index (χ0n) is 19.5. The van der Waals surface area contributed by atoms with E-state index in [1.54, 1.807) is 18.2 Å². The summed E-state index contributed by atoms with van der Waals surface area (Å²) in [5.74, 6) is -0.874. The SMILES string of the molecule is Cc1ccc(N2CCN3c4ccc([N+](=O)[O-])cc4C[C@H](C(=O)NCc4cccc(F)c4)[C@@H]3C2)cc1. The minimum absolute atomic E-state index is 0.0272. The summed E-state index contributed by atoms with van der Waals surface area (Å²) in [6.07, 6.45) is 0.412. The van der Waals surface area contributed by atoms with E-state index in [0.717, 1.165) is 23.5 Å². The monoisotopic (exact) mass is 474 g/mol. The van der Waals surface area contributed by atoms with Crippen LogP contribution in [0.1, 0.15) is 16.7 Å². The number of amides is 1. The van der Waals surface area contributed by atoms with Crippen molar-refractivity contribution in [2.45, 2.75) is 25.9 Å². The number of carbonyl (C=O) groups excluding carboxylic acids is 1. The predicted octanol–water partition coefficient (Wildman–Crippen LogP) is 4.23. The molecule has 7 nitrogen and oxygen atoms in total. The van der Waals surface area contributed by atoms with E-state index in [1.165, 1.54) is 23.8 Å². The highest BCUT2D eigenvalue weighted by atomic mass is 19.1. The number of benzene rings is 3. The number of rotatable bonds is 5. The van der Waals surface area contributed by atoms with Gasteiger partial charge in [0.1, 0.15) is 5.82 Å². The average Bonchev–Trinajstić information content (AvgIpc) is 2.86. The van der Waals surface area contributed by atoms with Crippen molar-refractivity contribution < 1.29 is 14.1 Å². The molecule has 180 valence electrons. The number of anilines is 2. The van der Waals surface area contributed by atoms with Gasteiger partial charge in [-0.05, 0) is 54.8 Å². The fraction of sp³-hybridized carbons (Fsp3) is 0.296. The van der Waals surface area contributed by atoms with Crippen LogP contribution in [0.4, 0.5) is 21.5 Å². The van der Waals surface area contributed by atoms with Gasteiger partial charge in [-0.1, -0.05) is 29.8 Å². The Morgan fingerprint density at radius 2 is 1.91 bits per heavy atom. The van der Waals surface area contributed by atoms with Gasteiger partial charge in [0, 0.05) is 49.7 Å². The van der Waals surface area contributed by atoms with Crippen molar-refractivity contribution >= 4 is 23.0 Å². The number of nitrogens with one attached hydrogen (secondary N) is 1. The summed E-state index contributed by atoms with van der Waals surface area (Å²) < 4.78 is 13.6. The van der Waals surface area contributed by atoms with Crippen LogP contribution in [0.5, 0.6) is 0 Å². The molecule has 0 aromatic heterocycles. The standard InChI is InChI=1S/C27H27FN4O3/c1-18-5-7-22(8-6-18)30-11-12-31-25-10-9-23(32(34)35)14-20(25)15-24(26(31)17-30)27(33)29-16-19-3-2-4-21(28)13-19/h2-10,13-14,24,26H,11-12,15-17H2,1H3,(H,29,33)/t24-,26-/m0/s1. The molecule has 1 saturated heterocycles. The molecule has 0 bridgehead atoms. The lowest BCUT2D eigenvalue weighted by atomic mass is 9.83. The molecule has 2 aliphatic heterocycles. The molecule has 35 heavy (non-hydrogen) atoms. The summed E-state index contributed by atoms with van der Waals surface area (Å²) in [5, 5.41) is 14.3. The number of aryl methyl sites for hydroxylation is 1. The van der Waals surface area contributed by atoms with Crippen molar-refractivity contribution in [3.8, 4) is 0 Å². The van der Waals surface area contributed by atoms with E-state index in [9.17, 15) is 19.3 Å². The summed E-state index contributed by atoms with van der Waals surface area (Å²) in [4.78, 5) is 28.9. The minimum atomic E-state index is -0.402. The molecule has 0 aliphatic carbocycles. The third-order valence-electron chi connectivity index (χ3n) is 7.00. The Hall–Kier alpha value is -3.94.